The number of aliphatic carboxylic acids is 1. The predicted molar refractivity (Wildman–Crippen MR) is 85.0 cm³/mol. The maximum atomic E-state index is 12.8. The SMILES string of the molecule is C[C@H]1CC(C)(C)C[C@@]2(C1)NC(=O)N(CC(=O)NCCC(=O)O)C2=O. The van der Waals surface area contributed by atoms with E-state index in [1.54, 1.807) is 0 Å². The van der Waals surface area contributed by atoms with Crippen LogP contribution in [0.25, 0.3) is 0 Å². The van der Waals surface area contributed by atoms with E-state index in [0.717, 1.165) is 11.3 Å². The van der Waals surface area contributed by atoms with Crippen molar-refractivity contribution in [3.8, 4) is 0 Å². The Bertz CT molecular complexity index is 574. The highest BCUT2D eigenvalue weighted by molar-refractivity contribution is 6.09. The molecule has 24 heavy (non-hydrogen) atoms. The average Bonchev–Trinajstić information content (AvgIpc) is 2.60. The Balaban J connectivity index is 2.03. The van der Waals surface area contributed by atoms with Gasteiger partial charge in [0.05, 0.1) is 6.42 Å². The lowest BCUT2D eigenvalue weighted by Gasteiger charge is -2.43. The van der Waals surface area contributed by atoms with Crippen LogP contribution in [0.5, 0.6) is 0 Å². The van der Waals surface area contributed by atoms with Crippen LogP contribution < -0.4 is 10.6 Å². The average molecular weight is 339 g/mol. The van der Waals surface area contributed by atoms with E-state index in [4.69, 9.17) is 5.11 Å². The number of hydrogen-bond acceptors (Lipinski definition) is 4. The van der Waals surface area contributed by atoms with E-state index in [0.29, 0.717) is 18.8 Å². The van der Waals surface area contributed by atoms with Crippen LogP contribution in [-0.4, -0.2) is 52.4 Å². The zero-order chi connectivity index (χ0) is 18.1. The van der Waals surface area contributed by atoms with Crippen LogP contribution >= 0.6 is 0 Å². The maximum Gasteiger partial charge on any atom is 0.325 e. The Labute approximate surface area is 141 Å². The third-order valence-corrected chi connectivity index (χ3v) is 4.59. The van der Waals surface area contributed by atoms with Gasteiger partial charge in [0.2, 0.25) is 5.91 Å². The number of imide groups is 1. The zero-order valence-electron chi connectivity index (χ0n) is 14.3. The summed E-state index contributed by atoms with van der Waals surface area (Å²) in [6, 6.07) is -0.557. The number of rotatable bonds is 5. The molecule has 4 amide bonds. The molecule has 3 N–H and O–H groups in total. The minimum atomic E-state index is -1.03. The first-order valence-corrected chi connectivity index (χ1v) is 8.17. The molecule has 1 aliphatic heterocycles. The summed E-state index contributed by atoms with van der Waals surface area (Å²) in [5, 5.41) is 13.8. The zero-order valence-corrected chi connectivity index (χ0v) is 14.3. The minimum Gasteiger partial charge on any atom is -0.481 e. The van der Waals surface area contributed by atoms with Crippen molar-refractivity contribution in [3.63, 3.8) is 0 Å². The number of nitrogens with one attached hydrogen (secondary N) is 2. The minimum absolute atomic E-state index is 0.0347. The number of carboxylic acids is 1. The normalized spacial score (nSPS) is 28.8. The monoisotopic (exact) mass is 339 g/mol. The van der Waals surface area contributed by atoms with E-state index in [2.05, 4.69) is 31.4 Å². The standard InChI is InChI=1S/C16H25N3O5/c1-10-6-15(2,3)9-16(7-10)13(23)19(14(24)18-16)8-11(20)17-5-4-12(21)22/h10H,4-9H2,1-3H3,(H,17,20)(H,18,24)(H,21,22)/t10-,16+/m0/s1. The van der Waals surface area contributed by atoms with Gasteiger partial charge in [0, 0.05) is 6.54 Å². The molecule has 8 heteroatoms. The predicted octanol–water partition coefficient (Wildman–Crippen LogP) is 0.714. The van der Waals surface area contributed by atoms with E-state index in [9.17, 15) is 19.2 Å². The molecule has 8 nitrogen and oxygen atoms in total. The first-order chi connectivity index (χ1) is 11.0. The summed E-state index contributed by atoms with van der Waals surface area (Å²) in [6.45, 7) is 5.79. The Kier molecular flexibility index (Phi) is 4.87. The van der Waals surface area contributed by atoms with Gasteiger partial charge in [-0.05, 0) is 30.6 Å². The summed E-state index contributed by atoms with van der Waals surface area (Å²) in [5.74, 6) is -1.63. The van der Waals surface area contributed by atoms with Gasteiger partial charge in [0.1, 0.15) is 12.1 Å². The lowest BCUT2D eigenvalue weighted by molar-refractivity contribution is -0.138. The molecule has 1 aliphatic carbocycles. The number of carbonyl (C=O) groups excluding carboxylic acids is 3. The fraction of sp³-hybridized carbons (Fsp3) is 0.750. The van der Waals surface area contributed by atoms with Crippen LogP contribution in [-0.2, 0) is 14.4 Å². The lowest BCUT2D eigenvalue weighted by atomic mass is 9.64. The second kappa shape index (κ2) is 6.41. The van der Waals surface area contributed by atoms with Crippen LogP contribution in [0.15, 0.2) is 0 Å². The summed E-state index contributed by atoms with van der Waals surface area (Å²) >= 11 is 0. The van der Waals surface area contributed by atoms with Crippen molar-refractivity contribution in [2.24, 2.45) is 11.3 Å². The third kappa shape index (κ3) is 3.85. The molecule has 0 unspecified atom stereocenters. The van der Waals surface area contributed by atoms with Crippen LogP contribution in [0.2, 0.25) is 0 Å². The van der Waals surface area contributed by atoms with Gasteiger partial charge in [-0.3, -0.25) is 19.3 Å². The van der Waals surface area contributed by atoms with Gasteiger partial charge in [-0.2, -0.15) is 0 Å². The Morgan fingerprint density at radius 3 is 2.58 bits per heavy atom. The van der Waals surface area contributed by atoms with Crippen molar-refractivity contribution < 1.29 is 24.3 Å². The van der Waals surface area contributed by atoms with E-state index < -0.39 is 23.4 Å². The molecule has 0 aromatic heterocycles. The molecule has 1 saturated heterocycles. The molecule has 2 aliphatic rings. The molecule has 134 valence electrons. The first-order valence-electron chi connectivity index (χ1n) is 8.17. The van der Waals surface area contributed by atoms with Gasteiger partial charge in [0.15, 0.2) is 0 Å². The van der Waals surface area contributed by atoms with Crippen LogP contribution in [0.4, 0.5) is 4.79 Å². The highest BCUT2D eigenvalue weighted by Gasteiger charge is 2.56. The molecular formula is C16H25N3O5. The van der Waals surface area contributed by atoms with Crippen molar-refractivity contribution >= 4 is 23.8 Å². The van der Waals surface area contributed by atoms with E-state index in [1.165, 1.54) is 0 Å². The molecule has 2 atom stereocenters. The topological polar surface area (TPSA) is 116 Å². The second-order valence-corrected chi connectivity index (χ2v) is 7.75. The van der Waals surface area contributed by atoms with Gasteiger partial charge < -0.3 is 15.7 Å². The molecule has 2 rings (SSSR count). The quantitative estimate of drug-likeness (QED) is 0.638. The summed E-state index contributed by atoms with van der Waals surface area (Å²) in [6.07, 6.45) is 1.89. The van der Waals surface area contributed by atoms with E-state index in [1.807, 2.05) is 0 Å². The number of carboxylic acid groups (broad SMARTS) is 1. The first kappa shape index (κ1) is 18.2. The molecule has 0 aromatic rings. The molecule has 0 radical (unpaired) electrons. The summed E-state index contributed by atoms with van der Waals surface area (Å²) in [4.78, 5) is 48.3. The van der Waals surface area contributed by atoms with Crippen molar-refractivity contribution in [3.05, 3.63) is 0 Å². The Hall–Kier alpha value is -2.12. The number of hydrogen-bond donors (Lipinski definition) is 3. The number of carbonyl (C=O) groups is 4. The molecule has 2 fully saturated rings. The highest BCUT2D eigenvalue weighted by atomic mass is 16.4. The smallest absolute Gasteiger partial charge is 0.325 e. The largest absolute Gasteiger partial charge is 0.481 e. The fourth-order valence-corrected chi connectivity index (χ4v) is 4.16. The lowest BCUT2D eigenvalue weighted by Crippen LogP contribution is -2.54. The van der Waals surface area contributed by atoms with Crippen molar-refractivity contribution in [1.29, 1.82) is 0 Å². The van der Waals surface area contributed by atoms with Crippen molar-refractivity contribution in [2.45, 2.75) is 52.0 Å². The van der Waals surface area contributed by atoms with Crippen molar-refractivity contribution in [2.75, 3.05) is 13.1 Å². The number of urea groups is 1. The van der Waals surface area contributed by atoms with Gasteiger partial charge >= 0.3 is 12.0 Å². The molecule has 1 spiro atoms. The molecule has 0 aromatic carbocycles. The van der Waals surface area contributed by atoms with Gasteiger partial charge in [-0.15, -0.1) is 0 Å². The van der Waals surface area contributed by atoms with Gasteiger partial charge in [0.25, 0.3) is 5.91 Å². The number of nitrogens with zero attached hydrogens (tertiary/aromatic N) is 1. The summed E-state index contributed by atoms with van der Waals surface area (Å²) < 4.78 is 0. The fourth-order valence-electron chi connectivity index (χ4n) is 4.16. The third-order valence-electron chi connectivity index (χ3n) is 4.59. The Morgan fingerprint density at radius 1 is 1.33 bits per heavy atom. The summed E-state index contributed by atoms with van der Waals surface area (Å²) in [7, 11) is 0. The molecule has 0 bridgehead atoms. The molecule has 1 saturated carbocycles. The van der Waals surface area contributed by atoms with Crippen molar-refractivity contribution in [1.82, 2.24) is 15.5 Å². The Morgan fingerprint density at radius 2 is 2.00 bits per heavy atom. The van der Waals surface area contributed by atoms with Crippen LogP contribution in [0.3, 0.4) is 0 Å². The maximum absolute atomic E-state index is 12.8. The second-order valence-electron chi connectivity index (χ2n) is 7.75. The van der Waals surface area contributed by atoms with Gasteiger partial charge in [-0.1, -0.05) is 20.8 Å². The van der Waals surface area contributed by atoms with E-state index in [-0.39, 0.29) is 30.8 Å². The summed E-state index contributed by atoms with van der Waals surface area (Å²) in [5.41, 5.74) is -1.00. The van der Waals surface area contributed by atoms with Crippen LogP contribution in [0, 0.1) is 11.3 Å². The van der Waals surface area contributed by atoms with Gasteiger partial charge in [-0.25, -0.2) is 4.79 Å². The molecular weight excluding hydrogens is 314 g/mol. The van der Waals surface area contributed by atoms with E-state index >= 15 is 0 Å². The highest BCUT2D eigenvalue weighted by Crippen LogP contribution is 2.46. The number of amides is 4. The molecule has 1 heterocycles. The van der Waals surface area contributed by atoms with Crippen LogP contribution in [0.1, 0.15) is 46.5 Å².